The van der Waals surface area contributed by atoms with Crippen LogP contribution < -0.4 is 5.32 Å². The average molecular weight is 297 g/mol. The topological polar surface area (TPSA) is 58.6 Å². The predicted octanol–water partition coefficient (Wildman–Crippen LogP) is 2.35. The molecule has 1 heterocycles. The smallest absolute Gasteiger partial charge is 0.252 e. The van der Waals surface area contributed by atoms with Gasteiger partial charge in [-0.25, -0.2) is 0 Å². The Bertz CT molecular complexity index is 497. The maximum atomic E-state index is 12.1. The predicted molar refractivity (Wildman–Crippen MR) is 80.2 cm³/mol. The molecule has 1 aromatic rings. The number of ether oxygens (including phenoxy) is 1. The summed E-state index contributed by atoms with van der Waals surface area (Å²) in [6.45, 7) is 8.74. The van der Waals surface area contributed by atoms with Crippen molar-refractivity contribution in [2.45, 2.75) is 45.8 Å². The van der Waals surface area contributed by atoms with E-state index in [1.807, 2.05) is 38.5 Å². The highest BCUT2D eigenvalue weighted by Gasteiger charge is 2.59. The number of carbonyl (C=O) groups excluding carboxylic acids is 1. The largest absolute Gasteiger partial charge is 0.387 e. The van der Waals surface area contributed by atoms with Gasteiger partial charge in [-0.2, -0.15) is 11.3 Å². The first-order valence-electron chi connectivity index (χ1n) is 6.97. The minimum Gasteiger partial charge on any atom is -0.387 e. The van der Waals surface area contributed by atoms with E-state index in [0.29, 0.717) is 18.6 Å². The Morgan fingerprint density at radius 2 is 2.25 bits per heavy atom. The van der Waals surface area contributed by atoms with Crippen LogP contribution in [-0.4, -0.2) is 35.9 Å². The number of nitrogens with one attached hydrogen (secondary N) is 1. The monoisotopic (exact) mass is 297 g/mol. The summed E-state index contributed by atoms with van der Waals surface area (Å²) in [7, 11) is 0. The van der Waals surface area contributed by atoms with Crippen molar-refractivity contribution in [3.8, 4) is 0 Å². The van der Waals surface area contributed by atoms with Gasteiger partial charge in [0.15, 0.2) is 0 Å². The summed E-state index contributed by atoms with van der Waals surface area (Å²) in [5.74, 6) is -0.118. The van der Waals surface area contributed by atoms with Crippen LogP contribution in [0, 0.1) is 12.3 Å². The van der Waals surface area contributed by atoms with Gasteiger partial charge in [0.1, 0.15) is 0 Å². The fraction of sp³-hybridized carbons (Fsp3) is 0.667. The molecule has 1 amide bonds. The highest BCUT2D eigenvalue weighted by atomic mass is 32.1. The second-order valence-electron chi connectivity index (χ2n) is 6.05. The lowest BCUT2D eigenvalue weighted by Crippen LogP contribution is -2.68. The first-order valence-corrected chi connectivity index (χ1v) is 7.91. The summed E-state index contributed by atoms with van der Waals surface area (Å²) < 4.78 is 5.62. The van der Waals surface area contributed by atoms with Gasteiger partial charge < -0.3 is 15.2 Å². The third kappa shape index (κ3) is 2.50. The van der Waals surface area contributed by atoms with Gasteiger partial charge in [-0.1, -0.05) is 13.8 Å². The Morgan fingerprint density at radius 1 is 1.55 bits per heavy atom. The molecule has 0 aliphatic heterocycles. The lowest BCUT2D eigenvalue weighted by atomic mass is 9.56. The second-order valence-corrected chi connectivity index (χ2v) is 6.80. The number of aliphatic hydroxyl groups is 1. The van der Waals surface area contributed by atoms with Crippen LogP contribution in [0.25, 0.3) is 0 Å². The standard InChI is InChI=1S/C15H23NO3S/c1-5-19-12-6-15(18,14(12,3)4)9-16-13(17)11-8-20-7-10(11)2/h7-8,12,18H,5-6,9H2,1-4H3,(H,16,17)/t12-,15+/m0/s1. The first kappa shape index (κ1) is 15.5. The molecule has 0 unspecified atom stereocenters. The van der Waals surface area contributed by atoms with E-state index in [1.54, 1.807) is 0 Å². The van der Waals surface area contributed by atoms with Crippen LogP contribution in [0.5, 0.6) is 0 Å². The number of thiophene rings is 1. The van der Waals surface area contributed by atoms with Crippen molar-refractivity contribution < 1.29 is 14.6 Å². The average Bonchev–Trinajstić information content (AvgIpc) is 2.82. The maximum absolute atomic E-state index is 12.1. The van der Waals surface area contributed by atoms with Gasteiger partial charge in [-0.15, -0.1) is 0 Å². The van der Waals surface area contributed by atoms with Crippen molar-refractivity contribution in [1.29, 1.82) is 0 Å². The van der Waals surface area contributed by atoms with Gasteiger partial charge in [0, 0.05) is 30.4 Å². The van der Waals surface area contributed by atoms with Gasteiger partial charge in [0.25, 0.3) is 5.91 Å². The summed E-state index contributed by atoms with van der Waals surface area (Å²) in [6, 6.07) is 0. The molecule has 1 aliphatic carbocycles. The molecule has 0 spiro atoms. The van der Waals surface area contributed by atoms with Gasteiger partial charge in [-0.05, 0) is 24.8 Å². The summed E-state index contributed by atoms with van der Waals surface area (Å²) in [6.07, 6.45) is 0.619. The SMILES string of the molecule is CCO[C@H]1C[C@@](O)(CNC(=O)c2cscc2C)C1(C)C. The molecule has 112 valence electrons. The first-order chi connectivity index (χ1) is 9.32. The van der Waals surface area contributed by atoms with Crippen LogP contribution in [0.2, 0.25) is 0 Å². The molecular formula is C15H23NO3S. The van der Waals surface area contributed by atoms with Crippen LogP contribution in [0.4, 0.5) is 0 Å². The molecule has 1 saturated carbocycles. The van der Waals surface area contributed by atoms with Gasteiger partial charge >= 0.3 is 0 Å². The van der Waals surface area contributed by atoms with Crippen molar-refractivity contribution in [3.05, 3.63) is 21.9 Å². The molecule has 2 N–H and O–H groups in total. The molecule has 1 aromatic heterocycles. The molecule has 5 heteroatoms. The van der Waals surface area contributed by atoms with Crippen molar-refractivity contribution in [3.63, 3.8) is 0 Å². The molecule has 0 aromatic carbocycles. The minimum absolute atomic E-state index is 0.0530. The van der Waals surface area contributed by atoms with Crippen LogP contribution in [0.3, 0.4) is 0 Å². The number of rotatable bonds is 5. The number of hydrogen-bond acceptors (Lipinski definition) is 4. The molecule has 0 radical (unpaired) electrons. The molecule has 20 heavy (non-hydrogen) atoms. The fourth-order valence-corrected chi connectivity index (χ4v) is 3.50. The van der Waals surface area contributed by atoms with E-state index in [9.17, 15) is 9.90 Å². The summed E-state index contributed by atoms with van der Waals surface area (Å²) in [5.41, 5.74) is 0.420. The molecule has 2 atom stereocenters. The van der Waals surface area contributed by atoms with Crippen molar-refractivity contribution in [1.82, 2.24) is 5.32 Å². The summed E-state index contributed by atoms with van der Waals surface area (Å²) in [4.78, 5) is 12.1. The molecular weight excluding hydrogens is 274 g/mol. The van der Waals surface area contributed by atoms with Crippen LogP contribution in [0.1, 0.15) is 43.1 Å². The third-order valence-corrected chi connectivity index (χ3v) is 5.40. The van der Waals surface area contributed by atoms with Crippen LogP contribution in [-0.2, 0) is 4.74 Å². The van der Waals surface area contributed by atoms with Gasteiger partial charge in [-0.3, -0.25) is 4.79 Å². The quantitative estimate of drug-likeness (QED) is 0.877. The number of carbonyl (C=O) groups is 1. The van der Waals surface area contributed by atoms with E-state index in [0.717, 1.165) is 5.56 Å². The maximum Gasteiger partial charge on any atom is 0.252 e. The molecule has 1 fully saturated rings. The van der Waals surface area contributed by atoms with Crippen LogP contribution >= 0.6 is 11.3 Å². The Kier molecular flexibility index (Phi) is 4.23. The van der Waals surface area contributed by atoms with E-state index >= 15 is 0 Å². The van der Waals surface area contributed by atoms with E-state index < -0.39 is 5.60 Å². The van der Waals surface area contributed by atoms with E-state index in [-0.39, 0.29) is 24.0 Å². The summed E-state index contributed by atoms with van der Waals surface area (Å²) >= 11 is 1.51. The molecule has 0 bridgehead atoms. The zero-order valence-corrected chi connectivity index (χ0v) is 13.3. The Labute approximate surface area is 124 Å². The molecule has 0 saturated heterocycles. The summed E-state index contributed by atoms with van der Waals surface area (Å²) in [5, 5.41) is 17.3. The van der Waals surface area contributed by atoms with E-state index in [4.69, 9.17) is 4.74 Å². The Morgan fingerprint density at radius 3 is 2.75 bits per heavy atom. The fourth-order valence-electron chi connectivity index (χ4n) is 2.68. The van der Waals surface area contributed by atoms with Gasteiger partial charge in [0.05, 0.1) is 17.3 Å². The van der Waals surface area contributed by atoms with Crippen molar-refractivity contribution in [2.24, 2.45) is 5.41 Å². The molecule has 1 aliphatic rings. The van der Waals surface area contributed by atoms with E-state index in [2.05, 4.69) is 5.32 Å². The lowest BCUT2D eigenvalue weighted by molar-refractivity contribution is -0.237. The highest BCUT2D eigenvalue weighted by molar-refractivity contribution is 7.08. The highest BCUT2D eigenvalue weighted by Crippen LogP contribution is 2.50. The normalized spacial score (nSPS) is 27.9. The van der Waals surface area contributed by atoms with Crippen LogP contribution in [0.15, 0.2) is 10.8 Å². The lowest BCUT2D eigenvalue weighted by Gasteiger charge is -2.57. The van der Waals surface area contributed by atoms with Gasteiger partial charge in [0.2, 0.25) is 0 Å². The Hall–Kier alpha value is -0.910. The molecule has 4 nitrogen and oxygen atoms in total. The van der Waals surface area contributed by atoms with E-state index in [1.165, 1.54) is 11.3 Å². The Balaban J connectivity index is 1.95. The zero-order chi connectivity index (χ0) is 15.0. The van der Waals surface area contributed by atoms with Crippen molar-refractivity contribution >= 4 is 17.2 Å². The minimum atomic E-state index is -0.896. The zero-order valence-electron chi connectivity index (χ0n) is 12.5. The number of hydrogen-bond donors (Lipinski definition) is 2. The molecule has 2 rings (SSSR count). The number of amides is 1. The number of aryl methyl sites for hydroxylation is 1. The third-order valence-electron chi connectivity index (χ3n) is 4.54. The van der Waals surface area contributed by atoms with Crippen molar-refractivity contribution in [2.75, 3.05) is 13.2 Å². The second kappa shape index (κ2) is 5.47.